The summed E-state index contributed by atoms with van der Waals surface area (Å²) < 4.78 is 18.9. The van der Waals surface area contributed by atoms with Gasteiger partial charge in [-0.1, -0.05) is 23.2 Å². The molecule has 0 radical (unpaired) electrons. The highest BCUT2D eigenvalue weighted by molar-refractivity contribution is 7.84. The lowest BCUT2D eigenvalue weighted by Gasteiger charge is -2.31. The first kappa shape index (κ1) is 21.0. The zero-order valence-electron chi connectivity index (χ0n) is 16.1. The summed E-state index contributed by atoms with van der Waals surface area (Å²) in [4.78, 5) is 20.9. The number of nitrogens with one attached hydrogen (secondary N) is 2. The first-order valence-electron chi connectivity index (χ1n) is 9.38. The highest BCUT2D eigenvalue weighted by Gasteiger charge is 2.26. The Balaban J connectivity index is 1.37. The van der Waals surface area contributed by atoms with Gasteiger partial charge in [-0.05, 0) is 31.0 Å². The second kappa shape index (κ2) is 8.89. The molecule has 1 amide bonds. The second-order valence-corrected chi connectivity index (χ2v) is 9.01. The number of aryl methyl sites for hydroxylation is 1. The minimum Gasteiger partial charge on any atom is -0.348 e. The van der Waals surface area contributed by atoms with Gasteiger partial charge in [0.1, 0.15) is 5.69 Å². The number of benzene rings is 1. The molecule has 158 valence electrons. The maximum Gasteiger partial charge on any atom is 0.268 e. The predicted molar refractivity (Wildman–Crippen MR) is 119 cm³/mol. The van der Waals surface area contributed by atoms with E-state index >= 15 is 0 Å². The molecule has 1 aromatic carbocycles. The summed E-state index contributed by atoms with van der Waals surface area (Å²) in [6, 6.07) is 5.32. The average Bonchev–Trinajstić information content (AvgIpc) is 3.09. The van der Waals surface area contributed by atoms with Gasteiger partial charge >= 0.3 is 0 Å². The van der Waals surface area contributed by atoms with Crippen molar-refractivity contribution in [3.8, 4) is 0 Å². The van der Waals surface area contributed by atoms with Crippen molar-refractivity contribution < 1.29 is 9.00 Å². The fourth-order valence-electron chi connectivity index (χ4n) is 3.50. The number of nitrogens with zero attached hydrogens (tertiary/aromatic N) is 4. The first-order valence-corrected chi connectivity index (χ1v) is 11.2. The molecule has 1 atom stereocenters. The Morgan fingerprint density at radius 3 is 2.70 bits per heavy atom. The number of hydrogen-bond acceptors (Lipinski definition) is 4. The molecular weight excluding hydrogens is 447 g/mol. The quantitative estimate of drug-likeness (QED) is 0.603. The molecule has 2 aromatic heterocycles. The smallest absolute Gasteiger partial charge is 0.268 e. The molecule has 0 spiro atoms. The van der Waals surface area contributed by atoms with Crippen molar-refractivity contribution in [1.29, 1.82) is 0 Å². The van der Waals surface area contributed by atoms with Gasteiger partial charge in [-0.2, -0.15) is 0 Å². The Hall–Kier alpha value is -2.20. The highest BCUT2D eigenvalue weighted by atomic mass is 35.5. The highest BCUT2D eigenvalue weighted by Crippen LogP contribution is 2.32. The molecule has 0 bridgehead atoms. The molecule has 8 nitrogen and oxygen atoms in total. The van der Waals surface area contributed by atoms with Crippen LogP contribution in [0.25, 0.3) is 10.9 Å². The van der Waals surface area contributed by atoms with E-state index < -0.39 is 11.2 Å². The van der Waals surface area contributed by atoms with Crippen LogP contribution in [-0.4, -0.2) is 48.1 Å². The molecular formula is C19H20Cl2N6O2S. The number of rotatable bonds is 5. The van der Waals surface area contributed by atoms with Crippen molar-refractivity contribution in [2.45, 2.75) is 18.9 Å². The van der Waals surface area contributed by atoms with E-state index in [0.717, 1.165) is 10.9 Å². The molecule has 30 heavy (non-hydrogen) atoms. The van der Waals surface area contributed by atoms with Gasteiger partial charge < -0.3 is 9.88 Å². The molecule has 2 N–H and O–H groups in total. The van der Waals surface area contributed by atoms with Crippen LogP contribution in [0.15, 0.2) is 36.8 Å². The van der Waals surface area contributed by atoms with E-state index in [-0.39, 0.29) is 11.9 Å². The third-order valence-corrected chi connectivity index (χ3v) is 7.16. The molecule has 4 rings (SSSR count). The molecule has 11 heteroatoms. The van der Waals surface area contributed by atoms with Gasteiger partial charge in [0.15, 0.2) is 17.0 Å². The largest absolute Gasteiger partial charge is 0.348 e. The van der Waals surface area contributed by atoms with E-state index in [1.807, 2.05) is 22.0 Å². The molecule has 1 saturated heterocycles. The van der Waals surface area contributed by atoms with Gasteiger partial charge in [0, 0.05) is 49.5 Å². The number of carbonyl (C=O) groups is 1. The van der Waals surface area contributed by atoms with Crippen LogP contribution in [0.5, 0.6) is 0 Å². The standard InChI is InChI=1S/C19H20Cl2N6O2S/c1-26-15-3-2-14(20)18(21)13(15)10-16(26)19(28)24-12-4-8-27(9-5-12)30(29)25-17-11-22-6-7-23-17/h2-3,6-7,10-12H,4-5,8-9H2,1H3,(H,23,25)(H,24,28). The lowest BCUT2D eigenvalue weighted by Crippen LogP contribution is -2.46. The molecule has 0 aliphatic carbocycles. The summed E-state index contributed by atoms with van der Waals surface area (Å²) in [6.07, 6.45) is 6.00. The Morgan fingerprint density at radius 2 is 2.00 bits per heavy atom. The summed E-state index contributed by atoms with van der Waals surface area (Å²) in [7, 11) is 1.82. The number of fused-ring (bicyclic) bond motifs is 1. The van der Waals surface area contributed by atoms with Crippen LogP contribution in [0.4, 0.5) is 5.82 Å². The van der Waals surface area contributed by atoms with Gasteiger partial charge in [-0.15, -0.1) is 0 Å². The van der Waals surface area contributed by atoms with E-state index in [1.165, 1.54) is 12.4 Å². The van der Waals surface area contributed by atoms with E-state index in [2.05, 4.69) is 20.0 Å². The van der Waals surface area contributed by atoms with Crippen LogP contribution < -0.4 is 10.0 Å². The van der Waals surface area contributed by atoms with E-state index in [4.69, 9.17) is 23.2 Å². The van der Waals surface area contributed by atoms with Crippen LogP contribution >= 0.6 is 23.2 Å². The topological polar surface area (TPSA) is 92.2 Å². The SMILES string of the molecule is Cn1c(C(=O)NC2CCN(S(=O)Nc3cnccn3)CC2)cc2c(Cl)c(Cl)ccc21. The second-order valence-electron chi connectivity index (χ2n) is 7.00. The minimum absolute atomic E-state index is 0.000612. The molecule has 3 aromatic rings. The molecule has 1 aliphatic rings. The fourth-order valence-corrected chi connectivity index (χ4v) is 4.83. The number of carbonyl (C=O) groups excluding carboxylic acids is 1. The Labute approximate surface area is 186 Å². The van der Waals surface area contributed by atoms with Crippen molar-refractivity contribution in [2.75, 3.05) is 17.8 Å². The Morgan fingerprint density at radius 1 is 1.23 bits per heavy atom. The number of hydrogen-bond donors (Lipinski definition) is 2. The molecule has 1 fully saturated rings. The van der Waals surface area contributed by atoms with Gasteiger partial charge in [0.05, 0.1) is 16.2 Å². The Bertz CT molecular complexity index is 1100. The van der Waals surface area contributed by atoms with Crippen LogP contribution in [-0.2, 0) is 18.2 Å². The van der Waals surface area contributed by atoms with E-state index in [0.29, 0.717) is 47.5 Å². The van der Waals surface area contributed by atoms with Crippen molar-refractivity contribution in [1.82, 2.24) is 24.2 Å². The van der Waals surface area contributed by atoms with Gasteiger partial charge in [0.25, 0.3) is 5.91 Å². The Kier molecular flexibility index (Phi) is 6.24. The maximum atomic E-state index is 12.8. The average molecular weight is 467 g/mol. The van der Waals surface area contributed by atoms with Crippen LogP contribution in [0, 0.1) is 0 Å². The fraction of sp³-hybridized carbons (Fsp3) is 0.316. The van der Waals surface area contributed by atoms with Crippen molar-refractivity contribution >= 4 is 57.0 Å². The molecule has 3 heterocycles. The zero-order valence-corrected chi connectivity index (χ0v) is 18.5. The number of anilines is 1. The summed E-state index contributed by atoms with van der Waals surface area (Å²) >= 11 is 11.0. The molecule has 1 aliphatic heterocycles. The maximum absolute atomic E-state index is 12.8. The number of halogens is 2. The molecule has 1 unspecified atom stereocenters. The normalized spacial score (nSPS) is 16.5. The number of amides is 1. The summed E-state index contributed by atoms with van der Waals surface area (Å²) in [5, 5.41) is 4.72. The number of aromatic nitrogens is 3. The van der Waals surface area contributed by atoms with Gasteiger partial charge in [0.2, 0.25) is 0 Å². The summed E-state index contributed by atoms with van der Waals surface area (Å²) in [5.41, 5.74) is 1.36. The van der Waals surface area contributed by atoms with Crippen molar-refractivity contribution in [3.05, 3.63) is 52.5 Å². The number of piperidine rings is 1. The third-order valence-electron chi connectivity index (χ3n) is 5.12. The lowest BCUT2D eigenvalue weighted by molar-refractivity contribution is 0.0916. The van der Waals surface area contributed by atoms with E-state index in [1.54, 1.807) is 18.3 Å². The molecule has 0 saturated carbocycles. The lowest BCUT2D eigenvalue weighted by atomic mass is 10.1. The van der Waals surface area contributed by atoms with Crippen molar-refractivity contribution in [2.24, 2.45) is 7.05 Å². The van der Waals surface area contributed by atoms with Crippen LogP contribution in [0.3, 0.4) is 0 Å². The predicted octanol–water partition coefficient (Wildman–Crippen LogP) is 3.16. The monoisotopic (exact) mass is 466 g/mol. The van der Waals surface area contributed by atoms with Crippen LogP contribution in [0.1, 0.15) is 23.3 Å². The van der Waals surface area contributed by atoms with Gasteiger partial charge in [-0.3, -0.25) is 14.5 Å². The van der Waals surface area contributed by atoms with Crippen LogP contribution in [0.2, 0.25) is 10.0 Å². The van der Waals surface area contributed by atoms with E-state index in [9.17, 15) is 9.00 Å². The minimum atomic E-state index is -1.40. The zero-order chi connectivity index (χ0) is 21.3. The van der Waals surface area contributed by atoms with Gasteiger partial charge in [-0.25, -0.2) is 13.5 Å². The first-order chi connectivity index (χ1) is 14.4. The summed E-state index contributed by atoms with van der Waals surface area (Å²) in [6.45, 7) is 1.17. The third kappa shape index (κ3) is 4.29. The summed E-state index contributed by atoms with van der Waals surface area (Å²) in [5.74, 6) is 0.291. The van der Waals surface area contributed by atoms with Crippen molar-refractivity contribution in [3.63, 3.8) is 0 Å².